The number of rotatable bonds is 7. The molecule has 0 aliphatic rings. The first-order valence-corrected chi connectivity index (χ1v) is 7.66. The molecule has 0 aliphatic heterocycles. The van der Waals surface area contributed by atoms with Crippen molar-refractivity contribution in [3.63, 3.8) is 0 Å². The van der Waals surface area contributed by atoms with Crippen LogP contribution in [0.25, 0.3) is 0 Å². The Labute approximate surface area is 136 Å². The average Bonchev–Trinajstić information content (AvgIpc) is 2.56. The monoisotopic (exact) mass is 311 g/mol. The van der Waals surface area contributed by atoms with E-state index in [1.165, 1.54) is 0 Å². The lowest BCUT2D eigenvalue weighted by atomic mass is 10.1. The van der Waals surface area contributed by atoms with Crippen LogP contribution in [-0.4, -0.2) is 29.9 Å². The summed E-state index contributed by atoms with van der Waals surface area (Å²) < 4.78 is 0. The molecule has 0 unspecified atom stereocenters. The predicted molar refractivity (Wildman–Crippen MR) is 89.1 cm³/mol. The number of nitrogens with zero attached hydrogens (tertiary/aromatic N) is 1. The number of nitrogens with one attached hydrogen (secondary N) is 2. The molecule has 23 heavy (non-hydrogen) atoms. The highest BCUT2D eigenvalue weighted by Crippen LogP contribution is 2.06. The summed E-state index contributed by atoms with van der Waals surface area (Å²) >= 11 is 0. The van der Waals surface area contributed by atoms with Crippen LogP contribution in [0.15, 0.2) is 48.8 Å². The largest absolute Gasteiger partial charge is 0.356 e. The van der Waals surface area contributed by atoms with E-state index in [1.807, 2.05) is 37.3 Å². The van der Waals surface area contributed by atoms with Crippen LogP contribution >= 0.6 is 0 Å². The van der Waals surface area contributed by atoms with Gasteiger partial charge in [0.1, 0.15) is 0 Å². The van der Waals surface area contributed by atoms with Gasteiger partial charge in [0, 0.05) is 37.5 Å². The predicted octanol–water partition coefficient (Wildman–Crippen LogP) is 1.87. The Kier molecular flexibility index (Phi) is 6.29. The molecule has 0 spiro atoms. The summed E-state index contributed by atoms with van der Waals surface area (Å²) in [5, 5.41) is 5.61. The van der Waals surface area contributed by atoms with E-state index in [0.717, 1.165) is 17.5 Å². The van der Waals surface area contributed by atoms with Crippen LogP contribution in [0.2, 0.25) is 0 Å². The molecule has 0 bridgehead atoms. The molecule has 0 saturated carbocycles. The first kappa shape index (κ1) is 16.7. The van der Waals surface area contributed by atoms with Gasteiger partial charge in [0.15, 0.2) is 0 Å². The topological polar surface area (TPSA) is 71.1 Å². The standard InChI is InChI=1S/C18H21N3O2/c1-14-5-2-3-7-16(14)18(23)21-12-9-17(22)20-11-8-15-6-4-10-19-13-15/h2-7,10,13H,8-9,11-12H2,1H3,(H,20,22)(H,21,23). The maximum absolute atomic E-state index is 12.0. The Hall–Kier alpha value is -2.69. The fourth-order valence-corrected chi connectivity index (χ4v) is 2.19. The molecule has 1 heterocycles. The summed E-state index contributed by atoms with van der Waals surface area (Å²) in [5.74, 6) is -0.217. The quantitative estimate of drug-likeness (QED) is 0.820. The zero-order chi connectivity index (χ0) is 16.5. The van der Waals surface area contributed by atoms with Gasteiger partial charge in [-0.2, -0.15) is 0 Å². The highest BCUT2D eigenvalue weighted by Gasteiger charge is 2.08. The van der Waals surface area contributed by atoms with Crippen molar-refractivity contribution in [2.75, 3.05) is 13.1 Å². The van der Waals surface area contributed by atoms with Crippen LogP contribution in [-0.2, 0) is 11.2 Å². The van der Waals surface area contributed by atoms with Crippen molar-refractivity contribution in [3.05, 3.63) is 65.5 Å². The minimum Gasteiger partial charge on any atom is -0.356 e. The SMILES string of the molecule is Cc1ccccc1C(=O)NCCC(=O)NCCc1cccnc1. The van der Waals surface area contributed by atoms with Crippen LogP contribution in [0.5, 0.6) is 0 Å². The van der Waals surface area contributed by atoms with E-state index < -0.39 is 0 Å². The lowest BCUT2D eigenvalue weighted by Crippen LogP contribution is -2.31. The van der Waals surface area contributed by atoms with Gasteiger partial charge in [-0.1, -0.05) is 24.3 Å². The summed E-state index contributed by atoms with van der Waals surface area (Å²) in [4.78, 5) is 27.8. The Morgan fingerprint density at radius 1 is 1.04 bits per heavy atom. The Morgan fingerprint density at radius 2 is 1.87 bits per heavy atom. The van der Waals surface area contributed by atoms with E-state index >= 15 is 0 Å². The zero-order valence-electron chi connectivity index (χ0n) is 13.2. The first-order chi connectivity index (χ1) is 11.2. The van der Waals surface area contributed by atoms with Crippen molar-refractivity contribution < 1.29 is 9.59 Å². The number of aryl methyl sites for hydroxylation is 1. The molecule has 2 N–H and O–H groups in total. The summed E-state index contributed by atoms with van der Waals surface area (Å²) in [6.07, 6.45) is 4.52. The first-order valence-electron chi connectivity index (χ1n) is 7.66. The smallest absolute Gasteiger partial charge is 0.251 e. The third-order valence-electron chi connectivity index (χ3n) is 3.49. The number of amides is 2. The number of carbonyl (C=O) groups is 2. The second kappa shape index (κ2) is 8.68. The minimum absolute atomic E-state index is 0.0704. The Bertz CT molecular complexity index is 656. The van der Waals surface area contributed by atoms with Gasteiger partial charge in [0.25, 0.3) is 5.91 Å². The van der Waals surface area contributed by atoms with Crippen molar-refractivity contribution >= 4 is 11.8 Å². The van der Waals surface area contributed by atoms with Gasteiger partial charge in [-0.15, -0.1) is 0 Å². The molecule has 5 nitrogen and oxygen atoms in total. The molecule has 0 radical (unpaired) electrons. The van der Waals surface area contributed by atoms with E-state index in [1.54, 1.807) is 18.5 Å². The third-order valence-corrected chi connectivity index (χ3v) is 3.49. The van der Waals surface area contributed by atoms with Crippen LogP contribution in [0.3, 0.4) is 0 Å². The van der Waals surface area contributed by atoms with Crippen molar-refractivity contribution in [1.29, 1.82) is 0 Å². The Balaban J connectivity index is 1.65. The van der Waals surface area contributed by atoms with Gasteiger partial charge in [-0.3, -0.25) is 14.6 Å². The van der Waals surface area contributed by atoms with Crippen LogP contribution in [0.1, 0.15) is 27.9 Å². The molecule has 2 rings (SSSR count). The molecule has 5 heteroatoms. The van der Waals surface area contributed by atoms with Crippen molar-refractivity contribution in [1.82, 2.24) is 15.6 Å². The van der Waals surface area contributed by atoms with Gasteiger partial charge < -0.3 is 10.6 Å². The molecule has 120 valence electrons. The number of pyridine rings is 1. The van der Waals surface area contributed by atoms with E-state index in [2.05, 4.69) is 15.6 Å². The van der Waals surface area contributed by atoms with Gasteiger partial charge >= 0.3 is 0 Å². The number of hydrogen-bond acceptors (Lipinski definition) is 3. The van der Waals surface area contributed by atoms with Crippen LogP contribution in [0.4, 0.5) is 0 Å². The average molecular weight is 311 g/mol. The van der Waals surface area contributed by atoms with Gasteiger partial charge in [0.2, 0.25) is 5.91 Å². The number of benzene rings is 1. The van der Waals surface area contributed by atoms with E-state index in [9.17, 15) is 9.59 Å². The summed E-state index contributed by atoms with van der Waals surface area (Å²) in [6.45, 7) is 2.78. The molecule has 0 aliphatic carbocycles. The Morgan fingerprint density at radius 3 is 2.61 bits per heavy atom. The lowest BCUT2D eigenvalue weighted by molar-refractivity contribution is -0.120. The van der Waals surface area contributed by atoms with Crippen LogP contribution in [0, 0.1) is 6.92 Å². The summed E-state index contributed by atoms with van der Waals surface area (Å²) in [6, 6.07) is 11.2. The van der Waals surface area contributed by atoms with Gasteiger partial charge in [-0.25, -0.2) is 0 Å². The van der Waals surface area contributed by atoms with Crippen LogP contribution < -0.4 is 10.6 Å². The normalized spacial score (nSPS) is 10.1. The lowest BCUT2D eigenvalue weighted by Gasteiger charge is -2.08. The van der Waals surface area contributed by atoms with Crippen molar-refractivity contribution in [3.8, 4) is 0 Å². The second-order valence-corrected chi connectivity index (χ2v) is 5.28. The maximum Gasteiger partial charge on any atom is 0.251 e. The maximum atomic E-state index is 12.0. The number of aromatic nitrogens is 1. The second-order valence-electron chi connectivity index (χ2n) is 5.28. The molecule has 2 amide bonds. The zero-order valence-corrected chi connectivity index (χ0v) is 13.2. The fraction of sp³-hybridized carbons (Fsp3) is 0.278. The highest BCUT2D eigenvalue weighted by molar-refractivity contribution is 5.95. The molecule has 1 aromatic heterocycles. The fourth-order valence-electron chi connectivity index (χ4n) is 2.19. The highest BCUT2D eigenvalue weighted by atomic mass is 16.2. The molecule has 1 aromatic carbocycles. The third kappa shape index (κ3) is 5.54. The molecule has 0 saturated heterocycles. The molecular formula is C18H21N3O2. The molecular weight excluding hydrogens is 290 g/mol. The van der Waals surface area contributed by atoms with Gasteiger partial charge in [-0.05, 0) is 36.6 Å². The summed E-state index contributed by atoms with van der Waals surface area (Å²) in [5.41, 5.74) is 2.65. The van der Waals surface area contributed by atoms with E-state index in [4.69, 9.17) is 0 Å². The number of hydrogen-bond donors (Lipinski definition) is 2. The van der Waals surface area contributed by atoms with E-state index in [0.29, 0.717) is 18.7 Å². The minimum atomic E-state index is -0.147. The number of carbonyl (C=O) groups excluding carboxylic acids is 2. The summed E-state index contributed by atoms with van der Waals surface area (Å²) in [7, 11) is 0. The van der Waals surface area contributed by atoms with Crippen molar-refractivity contribution in [2.45, 2.75) is 19.8 Å². The molecule has 0 atom stereocenters. The molecule has 2 aromatic rings. The van der Waals surface area contributed by atoms with Gasteiger partial charge in [0.05, 0.1) is 0 Å². The van der Waals surface area contributed by atoms with Crippen molar-refractivity contribution in [2.24, 2.45) is 0 Å². The van der Waals surface area contributed by atoms with E-state index in [-0.39, 0.29) is 18.2 Å². The molecule has 0 fully saturated rings.